The van der Waals surface area contributed by atoms with Crippen molar-refractivity contribution in [3.05, 3.63) is 28.8 Å². The van der Waals surface area contributed by atoms with Crippen molar-refractivity contribution in [1.29, 1.82) is 0 Å². The number of hydrogen-bond acceptors (Lipinski definition) is 3. The van der Waals surface area contributed by atoms with Crippen molar-refractivity contribution >= 4 is 17.5 Å². The molecule has 1 rings (SSSR count). The topological polar surface area (TPSA) is 69.6 Å². The number of aromatic hydroxyl groups is 1. The molecule has 1 amide bonds. The van der Waals surface area contributed by atoms with Crippen LogP contribution >= 0.6 is 11.6 Å². The molecule has 94 valence electrons. The van der Waals surface area contributed by atoms with Crippen molar-refractivity contribution in [2.75, 3.05) is 6.61 Å². The van der Waals surface area contributed by atoms with E-state index in [9.17, 15) is 9.90 Å². The molecule has 0 radical (unpaired) electrons. The lowest BCUT2D eigenvalue weighted by Gasteiger charge is -2.19. The average Bonchev–Trinajstić information content (AvgIpc) is 2.27. The number of rotatable bonds is 4. The van der Waals surface area contributed by atoms with Crippen LogP contribution in [0.2, 0.25) is 5.02 Å². The second kappa shape index (κ2) is 5.89. The van der Waals surface area contributed by atoms with Crippen molar-refractivity contribution in [1.82, 2.24) is 5.32 Å². The zero-order valence-corrected chi connectivity index (χ0v) is 10.5. The lowest BCUT2D eigenvalue weighted by molar-refractivity contribution is 0.0913. The zero-order valence-electron chi connectivity index (χ0n) is 9.77. The van der Waals surface area contributed by atoms with Crippen LogP contribution in [-0.2, 0) is 0 Å². The summed E-state index contributed by atoms with van der Waals surface area (Å²) >= 11 is 5.68. The summed E-state index contributed by atoms with van der Waals surface area (Å²) in [5, 5.41) is 21.6. The van der Waals surface area contributed by atoms with Gasteiger partial charge in [-0.15, -0.1) is 0 Å². The zero-order chi connectivity index (χ0) is 13.0. The molecule has 5 heteroatoms. The lowest BCUT2D eigenvalue weighted by Crippen LogP contribution is -2.38. The van der Waals surface area contributed by atoms with E-state index in [1.807, 2.05) is 6.92 Å². The molecule has 0 aliphatic carbocycles. The highest BCUT2D eigenvalue weighted by molar-refractivity contribution is 6.30. The number of amides is 1. The highest BCUT2D eigenvalue weighted by Crippen LogP contribution is 2.21. The Morgan fingerprint density at radius 1 is 1.47 bits per heavy atom. The molecule has 0 spiro atoms. The Balaban J connectivity index is 2.76. The van der Waals surface area contributed by atoms with E-state index in [1.165, 1.54) is 18.2 Å². The van der Waals surface area contributed by atoms with Gasteiger partial charge in [0.2, 0.25) is 0 Å². The Kier molecular flexibility index (Phi) is 4.78. The Hall–Kier alpha value is -1.26. The first kappa shape index (κ1) is 13.8. The summed E-state index contributed by atoms with van der Waals surface area (Å²) in [6, 6.07) is 4.14. The van der Waals surface area contributed by atoms with E-state index in [4.69, 9.17) is 16.7 Å². The van der Waals surface area contributed by atoms with Gasteiger partial charge in [0.15, 0.2) is 0 Å². The van der Waals surface area contributed by atoms with Crippen molar-refractivity contribution < 1.29 is 15.0 Å². The number of nitrogens with one attached hydrogen (secondary N) is 1. The molecule has 1 aromatic carbocycles. The molecule has 0 aromatic heterocycles. The number of phenols is 1. The lowest BCUT2D eigenvalue weighted by atomic mass is 10.0. The van der Waals surface area contributed by atoms with Gasteiger partial charge in [-0.25, -0.2) is 0 Å². The molecule has 3 N–H and O–H groups in total. The van der Waals surface area contributed by atoms with Gasteiger partial charge in [-0.2, -0.15) is 0 Å². The Bertz CT molecular complexity index is 409. The van der Waals surface area contributed by atoms with Crippen LogP contribution in [0.3, 0.4) is 0 Å². The van der Waals surface area contributed by atoms with Gasteiger partial charge >= 0.3 is 0 Å². The van der Waals surface area contributed by atoms with Crippen molar-refractivity contribution in [2.45, 2.75) is 19.9 Å². The summed E-state index contributed by atoms with van der Waals surface area (Å²) in [4.78, 5) is 11.8. The predicted octanol–water partition coefficient (Wildman–Crippen LogP) is 1.79. The monoisotopic (exact) mass is 257 g/mol. The fraction of sp³-hybridized carbons (Fsp3) is 0.417. The van der Waals surface area contributed by atoms with E-state index in [0.717, 1.165) is 0 Å². The molecule has 4 nitrogen and oxygen atoms in total. The number of hydrogen-bond donors (Lipinski definition) is 3. The molecule has 0 heterocycles. The van der Waals surface area contributed by atoms with E-state index in [0.29, 0.717) is 5.02 Å². The highest BCUT2D eigenvalue weighted by Gasteiger charge is 2.17. The fourth-order valence-electron chi connectivity index (χ4n) is 1.28. The number of phenolic OH excluding ortho intramolecular Hbond substituents is 1. The second-order valence-electron chi connectivity index (χ2n) is 4.08. The number of carbonyl (C=O) groups excluding carboxylic acids is 1. The highest BCUT2D eigenvalue weighted by atomic mass is 35.5. The molecule has 0 fully saturated rings. The van der Waals surface area contributed by atoms with Crippen molar-refractivity contribution in [2.24, 2.45) is 5.92 Å². The first-order valence-corrected chi connectivity index (χ1v) is 5.73. The maximum atomic E-state index is 11.8. The van der Waals surface area contributed by atoms with Crippen LogP contribution < -0.4 is 5.32 Å². The Morgan fingerprint density at radius 2 is 2.12 bits per heavy atom. The van der Waals surface area contributed by atoms with Crippen LogP contribution in [0.25, 0.3) is 0 Å². The van der Waals surface area contributed by atoms with Crippen LogP contribution in [0, 0.1) is 5.92 Å². The third-order valence-electron chi connectivity index (χ3n) is 2.70. The van der Waals surface area contributed by atoms with Crippen LogP contribution in [0.15, 0.2) is 18.2 Å². The summed E-state index contributed by atoms with van der Waals surface area (Å²) in [6.45, 7) is 3.62. The summed E-state index contributed by atoms with van der Waals surface area (Å²) in [7, 11) is 0. The normalized spacial score (nSPS) is 14.1. The Morgan fingerprint density at radius 3 is 2.65 bits per heavy atom. The molecule has 1 aromatic rings. The maximum Gasteiger partial charge on any atom is 0.255 e. The van der Waals surface area contributed by atoms with Gasteiger partial charge in [0, 0.05) is 17.7 Å². The van der Waals surface area contributed by atoms with Gasteiger partial charge in [0.1, 0.15) is 5.75 Å². The molecule has 17 heavy (non-hydrogen) atoms. The summed E-state index contributed by atoms with van der Waals surface area (Å²) in [6.07, 6.45) is 0. The third kappa shape index (κ3) is 3.61. The first-order valence-electron chi connectivity index (χ1n) is 5.36. The quantitative estimate of drug-likeness (QED) is 0.770. The smallest absolute Gasteiger partial charge is 0.255 e. The predicted molar refractivity (Wildman–Crippen MR) is 66.3 cm³/mol. The number of aliphatic hydroxyl groups is 1. The molecular weight excluding hydrogens is 242 g/mol. The van der Waals surface area contributed by atoms with Crippen LogP contribution in [-0.4, -0.2) is 28.8 Å². The van der Waals surface area contributed by atoms with E-state index >= 15 is 0 Å². The van der Waals surface area contributed by atoms with E-state index < -0.39 is 0 Å². The molecule has 0 saturated carbocycles. The second-order valence-corrected chi connectivity index (χ2v) is 4.52. The largest absolute Gasteiger partial charge is 0.507 e. The Labute approximate surface area is 105 Å². The number of halogens is 1. The SMILES string of the molecule is C[C@H](CO)[C@@H](C)NC(=O)c1ccc(Cl)cc1O. The van der Waals surface area contributed by atoms with Crippen molar-refractivity contribution in [3.63, 3.8) is 0 Å². The molecular formula is C12H16ClNO3. The molecule has 0 bridgehead atoms. The average molecular weight is 258 g/mol. The summed E-state index contributed by atoms with van der Waals surface area (Å²) < 4.78 is 0. The number of carbonyl (C=O) groups is 1. The van der Waals surface area contributed by atoms with Gasteiger partial charge in [0.05, 0.1) is 5.56 Å². The molecule has 0 unspecified atom stereocenters. The molecule has 0 saturated heterocycles. The number of aliphatic hydroxyl groups excluding tert-OH is 1. The summed E-state index contributed by atoms with van der Waals surface area (Å²) in [5.74, 6) is -0.584. The van der Waals surface area contributed by atoms with Gasteiger partial charge in [-0.05, 0) is 31.0 Å². The third-order valence-corrected chi connectivity index (χ3v) is 2.94. The van der Waals surface area contributed by atoms with Gasteiger partial charge in [0.25, 0.3) is 5.91 Å². The van der Waals surface area contributed by atoms with Gasteiger partial charge in [-0.1, -0.05) is 18.5 Å². The van der Waals surface area contributed by atoms with Crippen molar-refractivity contribution in [3.8, 4) is 5.75 Å². The minimum atomic E-state index is -0.382. The standard InChI is InChI=1S/C12H16ClNO3/c1-7(6-15)8(2)14-12(17)10-4-3-9(13)5-11(10)16/h3-5,7-8,15-16H,6H2,1-2H3,(H,14,17)/t7-,8-/m1/s1. The fourth-order valence-corrected chi connectivity index (χ4v) is 1.45. The summed E-state index contributed by atoms with van der Waals surface area (Å²) in [5.41, 5.74) is 0.173. The van der Waals surface area contributed by atoms with E-state index in [2.05, 4.69) is 5.32 Å². The minimum Gasteiger partial charge on any atom is -0.507 e. The van der Waals surface area contributed by atoms with Crippen LogP contribution in [0.5, 0.6) is 5.75 Å². The van der Waals surface area contributed by atoms with Crippen LogP contribution in [0.1, 0.15) is 24.2 Å². The van der Waals surface area contributed by atoms with Crippen LogP contribution in [0.4, 0.5) is 0 Å². The number of benzene rings is 1. The first-order chi connectivity index (χ1) is 7.95. The van der Waals surface area contributed by atoms with E-state index in [-0.39, 0.29) is 35.8 Å². The molecule has 0 aliphatic rings. The van der Waals surface area contributed by atoms with Gasteiger partial charge in [-0.3, -0.25) is 4.79 Å². The molecule has 2 atom stereocenters. The maximum absolute atomic E-state index is 11.8. The van der Waals surface area contributed by atoms with Gasteiger partial charge < -0.3 is 15.5 Å². The minimum absolute atomic E-state index is 0.00591. The van der Waals surface area contributed by atoms with E-state index in [1.54, 1.807) is 6.92 Å². The molecule has 0 aliphatic heterocycles.